The molecule has 7 nitrogen and oxygen atoms in total. The molecule has 0 bridgehead atoms. The van der Waals surface area contributed by atoms with Crippen LogP contribution in [0, 0.1) is 5.92 Å². The van der Waals surface area contributed by atoms with Crippen LogP contribution in [0.2, 0.25) is 0 Å². The molecule has 4 amide bonds. The first-order valence-electron chi connectivity index (χ1n) is 8.22. The van der Waals surface area contributed by atoms with E-state index in [2.05, 4.69) is 21.3 Å². The predicted molar refractivity (Wildman–Crippen MR) is 96.6 cm³/mol. The molecule has 0 saturated carbocycles. The van der Waals surface area contributed by atoms with Gasteiger partial charge in [0.15, 0.2) is 0 Å². The van der Waals surface area contributed by atoms with Crippen molar-refractivity contribution in [3.63, 3.8) is 0 Å². The Hall–Kier alpha value is -2.12. The van der Waals surface area contributed by atoms with E-state index < -0.39 is 17.5 Å². The lowest BCUT2D eigenvalue weighted by Gasteiger charge is -2.21. The van der Waals surface area contributed by atoms with Crippen molar-refractivity contribution in [3.05, 3.63) is 29.8 Å². The minimum atomic E-state index is -1.12. The molecule has 2 fully saturated rings. The zero-order valence-corrected chi connectivity index (χ0v) is 14.9. The van der Waals surface area contributed by atoms with Crippen LogP contribution in [0.3, 0.4) is 0 Å². The van der Waals surface area contributed by atoms with Crippen molar-refractivity contribution in [3.8, 4) is 0 Å². The predicted octanol–water partition coefficient (Wildman–Crippen LogP) is 1.49. The smallest absolute Gasteiger partial charge is 0.322 e. The number of carbonyl (C=O) groups is 3. The van der Waals surface area contributed by atoms with E-state index in [1.807, 2.05) is 0 Å². The summed E-state index contributed by atoms with van der Waals surface area (Å²) in [6.45, 7) is 3.65. The van der Waals surface area contributed by atoms with Gasteiger partial charge in [0, 0.05) is 12.1 Å². The lowest BCUT2D eigenvalue weighted by molar-refractivity contribution is -0.123. The zero-order chi connectivity index (χ0) is 17.2. The highest BCUT2D eigenvalue weighted by molar-refractivity contribution is 6.07. The third kappa shape index (κ3) is 4.29. The molecule has 8 heteroatoms. The van der Waals surface area contributed by atoms with Crippen molar-refractivity contribution >= 4 is 35.9 Å². The molecule has 2 saturated heterocycles. The summed E-state index contributed by atoms with van der Waals surface area (Å²) >= 11 is 0. The first-order chi connectivity index (χ1) is 11.5. The molecule has 3 rings (SSSR count). The number of carbonyl (C=O) groups excluding carboxylic acids is 3. The van der Waals surface area contributed by atoms with E-state index in [0.29, 0.717) is 23.6 Å². The summed E-state index contributed by atoms with van der Waals surface area (Å²) < 4.78 is 0. The summed E-state index contributed by atoms with van der Waals surface area (Å²) in [6.07, 6.45) is 2.47. The van der Waals surface area contributed by atoms with Crippen molar-refractivity contribution in [2.45, 2.75) is 31.7 Å². The Balaban J connectivity index is 0.00000225. The normalized spacial score (nSPS) is 25.1. The van der Waals surface area contributed by atoms with Crippen LogP contribution in [0.15, 0.2) is 24.3 Å². The van der Waals surface area contributed by atoms with Gasteiger partial charge in [-0.05, 0) is 56.5 Å². The summed E-state index contributed by atoms with van der Waals surface area (Å²) in [6, 6.07) is 6.50. The molecule has 1 aromatic carbocycles. The van der Waals surface area contributed by atoms with Gasteiger partial charge < -0.3 is 16.0 Å². The number of anilines is 1. The quantitative estimate of drug-likeness (QED) is 0.593. The molecule has 136 valence electrons. The second-order valence-corrected chi connectivity index (χ2v) is 6.56. The third-order valence-electron chi connectivity index (χ3n) is 4.71. The lowest BCUT2D eigenvalue weighted by Crippen LogP contribution is -2.40. The van der Waals surface area contributed by atoms with Gasteiger partial charge >= 0.3 is 6.03 Å². The van der Waals surface area contributed by atoms with Crippen LogP contribution in [0.4, 0.5) is 10.5 Å². The van der Waals surface area contributed by atoms with Crippen LogP contribution in [0.1, 0.15) is 31.7 Å². The van der Waals surface area contributed by atoms with Crippen LogP contribution in [-0.2, 0) is 15.1 Å². The fourth-order valence-corrected chi connectivity index (χ4v) is 3.17. The molecule has 2 unspecified atom stereocenters. The van der Waals surface area contributed by atoms with Crippen molar-refractivity contribution < 1.29 is 14.4 Å². The summed E-state index contributed by atoms with van der Waals surface area (Å²) in [4.78, 5) is 35.5. The van der Waals surface area contributed by atoms with Gasteiger partial charge in [-0.2, -0.15) is 0 Å². The van der Waals surface area contributed by atoms with E-state index in [4.69, 9.17) is 0 Å². The second kappa shape index (κ2) is 7.84. The topological polar surface area (TPSA) is 99.3 Å². The van der Waals surface area contributed by atoms with E-state index in [-0.39, 0.29) is 18.3 Å². The largest absolute Gasteiger partial charge is 0.326 e. The SMILES string of the molecule is CC1(c2cccc(NC(=O)CCC3CCNC3)c2)NC(=O)NC1=O.Cl. The monoisotopic (exact) mass is 366 g/mol. The number of rotatable bonds is 5. The fourth-order valence-electron chi connectivity index (χ4n) is 3.17. The molecule has 2 atom stereocenters. The molecule has 0 aliphatic carbocycles. The maximum atomic E-state index is 12.1. The maximum Gasteiger partial charge on any atom is 0.322 e. The number of hydrogen-bond acceptors (Lipinski definition) is 4. The van der Waals surface area contributed by atoms with Gasteiger partial charge in [-0.25, -0.2) is 4.79 Å². The molecule has 2 aliphatic rings. The van der Waals surface area contributed by atoms with Crippen LogP contribution in [0.5, 0.6) is 0 Å². The van der Waals surface area contributed by atoms with Gasteiger partial charge in [-0.1, -0.05) is 12.1 Å². The number of benzene rings is 1. The highest BCUT2D eigenvalue weighted by Crippen LogP contribution is 2.26. The first-order valence-corrected chi connectivity index (χ1v) is 8.22. The molecule has 0 spiro atoms. The standard InChI is InChI=1S/C17H22N4O3.ClH/c1-17(15(23)20-16(24)21-17)12-3-2-4-13(9-12)19-14(22)6-5-11-7-8-18-10-11;/h2-4,9,11,18H,5-8,10H2,1H3,(H,19,22)(H2,20,21,23,24);1H. The second-order valence-electron chi connectivity index (χ2n) is 6.56. The Morgan fingerprint density at radius 2 is 2.16 bits per heavy atom. The summed E-state index contributed by atoms with van der Waals surface area (Å²) in [5.41, 5.74) is 0.133. The fraction of sp³-hybridized carbons (Fsp3) is 0.471. The molecule has 2 heterocycles. The molecule has 0 radical (unpaired) electrons. The van der Waals surface area contributed by atoms with Crippen LogP contribution >= 0.6 is 12.4 Å². The Labute approximate surface area is 152 Å². The van der Waals surface area contributed by atoms with E-state index in [1.54, 1.807) is 31.2 Å². The minimum absolute atomic E-state index is 0. The average molecular weight is 367 g/mol. The Bertz CT molecular complexity index is 676. The highest BCUT2D eigenvalue weighted by atomic mass is 35.5. The number of urea groups is 1. The zero-order valence-electron chi connectivity index (χ0n) is 14.1. The van der Waals surface area contributed by atoms with E-state index >= 15 is 0 Å². The maximum absolute atomic E-state index is 12.1. The summed E-state index contributed by atoms with van der Waals surface area (Å²) in [5, 5.41) is 11.0. The van der Waals surface area contributed by atoms with E-state index in [0.717, 1.165) is 25.9 Å². The van der Waals surface area contributed by atoms with Gasteiger partial charge in [0.05, 0.1) is 0 Å². The number of hydrogen-bond donors (Lipinski definition) is 4. The van der Waals surface area contributed by atoms with Crippen molar-refractivity contribution in [1.82, 2.24) is 16.0 Å². The first kappa shape index (κ1) is 19.2. The van der Waals surface area contributed by atoms with Crippen molar-refractivity contribution in [1.29, 1.82) is 0 Å². The van der Waals surface area contributed by atoms with Crippen LogP contribution < -0.4 is 21.3 Å². The number of halogens is 1. The number of imide groups is 1. The molecular formula is C17H23ClN4O3. The molecule has 4 N–H and O–H groups in total. The number of amides is 4. The van der Waals surface area contributed by atoms with Crippen LogP contribution in [0.25, 0.3) is 0 Å². The Morgan fingerprint density at radius 1 is 1.36 bits per heavy atom. The van der Waals surface area contributed by atoms with Crippen molar-refractivity contribution in [2.24, 2.45) is 5.92 Å². The summed E-state index contributed by atoms with van der Waals surface area (Å²) in [7, 11) is 0. The lowest BCUT2D eigenvalue weighted by atomic mass is 9.92. The molecule has 2 aliphatic heterocycles. The van der Waals surface area contributed by atoms with Gasteiger partial charge in [0.2, 0.25) is 5.91 Å². The molecular weight excluding hydrogens is 344 g/mol. The Kier molecular flexibility index (Phi) is 6.02. The highest BCUT2D eigenvalue weighted by Gasteiger charge is 2.43. The summed E-state index contributed by atoms with van der Waals surface area (Å²) in [5.74, 6) is 0.132. The Morgan fingerprint density at radius 3 is 2.80 bits per heavy atom. The van der Waals surface area contributed by atoms with Crippen LogP contribution in [-0.4, -0.2) is 30.9 Å². The van der Waals surface area contributed by atoms with Gasteiger partial charge in [-0.15, -0.1) is 12.4 Å². The average Bonchev–Trinajstić information content (AvgIpc) is 3.14. The molecule has 25 heavy (non-hydrogen) atoms. The molecule has 1 aromatic rings. The van der Waals surface area contributed by atoms with Crippen molar-refractivity contribution in [2.75, 3.05) is 18.4 Å². The van der Waals surface area contributed by atoms with Gasteiger partial charge in [-0.3, -0.25) is 14.9 Å². The van der Waals surface area contributed by atoms with Gasteiger partial charge in [0.25, 0.3) is 5.91 Å². The minimum Gasteiger partial charge on any atom is -0.326 e. The van der Waals surface area contributed by atoms with E-state index in [9.17, 15) is 14.4 Å². The molecule has 0 aromatic heterocycles. The van der Waals surface area contributed by atoms with E-state index in [1.165, 1.54) is 0 Å². The third-order valence-corrected chi connectivity index (χ3v) is 4.71. The number of nitrogens with one attached hydrogen (secondary N) is 4. The van der Waals surface area contributed by atoms with Gasteiger partial charge in [0.1, 0.15) is 5.54 Å².